The van der Waals surface area contributed by atoms with E-state index in [9.17, 15) is 14.4 Å². The van der Waals surface area contributed by atoms with Crippen LogP contribution in [0.15, 0.2) is 60.7 Å². The number of carbonyl (C=O) groups is 3. The Balaban J connectivity index is 0.000000311. The van der Waals surface area contributed by atoms with Gasteiger partial charge >= 0.3 is 5.97 Å². The normalized spacial score (nSPS) is 9.84. The quantitative estimate of drug-likeness (QED) is 0.367. The predicted octanol–water partition coefficient (Wildman–Crippen LogP) is 0.943. The SMILES string of the molecule is O=C(NCCOCCO)c1ccccc1.O=C(O)COCCNC(=O)c1ccccc1. The molecule has 0 aromatic heterocycles. The van der Waals surface area contributed by atoms with Crippen molar-refractivity contribution in [3.63, 3.8) is 0 Å². The summed E-state index contributed by atoms with van der Waals surface area (Å²) in [5.41, 5.74) is 1.21. The second-order valence-corrected chi connectivity index (χ2v) is 6.03. The number of hydrogen-bond donors (Lipinski definition) is 4. The van der Waals surface area contributed by atoms with Gasteiger partial charge < -0.3 is 30.3 Å². The lowest BCUT2D eigenvalue weighted by Gasteiger charge is -2.05. The van der Waals surface area contributed by atoms with E-state index in [0.29, 0.717) is 37.4 Å². The first kappa shape index (κ1) is 25.8. The van der Waals surface area contributed by atoms with Crippen LogP contribution in [-0.2, 0) is 14.3 Å². The smallest absolute Gasteiger partial charge is 0.329 e. The van der Waals surface area contributed by atoms with Crippen molar-refractivity contribution < 1.29 is 34.1 Å². The lowest BCUT2D eigenvalue weighted by Crippen LogP contribution is -2.27. The first-order chi connectivity index (χ1) is 15.0. The molecule has 2 amide bonds. The van der Waals surface area contributed by atoms with Gasteiger partial charge in [-0.1, -0.05) is 36.4 Å². The molecule has 0 radical (unpaired) electrons. The van der Waals surface area contributed by atoms with Crippen molar-refractivity contribution in [3.05, 3.63) is 71.8 Å². The van der Waals surface area contributed by atoms with Gasteiger partial charge in [0.05, 0.1) is 26.4 Å². The van der Waals surface area contributed by atoms with Crippen LogP contribution >= 0.6 is 0 Å². The van der Waals surface area contributed by atoms with Gasteiger partial charge in [-0.15, -0.1) is 0 Å². The van der Waals surface area contributed by atoms with Crippen molar-refractivity contribution in [2.45, 2.75) is 0 Å². The van der Waals surface area contributed by atoms with Gasteiger partial charge in [-0.2, -0.15) is 0 Å². The number of aliphatic carboxylic acids is 1. The van der Waals surface area contributed by atoms with Gasteiger partial charge in [-0.3, -0.25) is 9.59 Å². The highest BCUT2D eigenvalue weighted by molar-refractivity contribution is 5.94. The molecule has 0 aliphatic heterocycles. The van der Waals surface area contributed by atoms with Crippen LogP contribution in [-0.4, -0.2) is 74.1 Å². The molecular formula is C22H28N2O7. The number of amides is 2. The third-order valence-electron chi connectivity index (χ3n) is 3.60. The number of rotatable bonds is 12. The lowest BCUT2D eigenvalue weighted by atomic mass is 10.2. The summed E-state index contributed by atoms with van der Waals surface area (Å²) < 4.78 is 9.77. The van der Waals surface area contributed by atoms with Crippen molar-refractivity contribution in [1.29, 1.82) is 0 Å². The summed E-state index contributed by atoms with van der Waals surface area (Å²) in [7, 11) is 0. The first-order valence-electron chi connectivity index (χ1n) is 9.69. The van der Waals surface area contributed by atoms with E-state index in [1.165, 1.54) is 0 Å². The topological polar surface area (TPSA) is 134 Å². The van der Waals surface area contributed by atoms with Gasteiger partial charge in [0.25, 0.3) is 11.8 Å². The number of aliphatic hydroxyl groups is 1. The zero-order chi connectivity index (χ0) is 22.7. The van der Waals surface area contributed by atoms with E-state index in [0.717, 1.165) is 0 Å². The fourth-order valence-electron chi connectivity index (χ4n) is 2.18. The maximum absolute atomic E-state index is 11.5. The zero-order valence-corrected chi connectivity index (χ0v) is 17.2. The monoisotopic (exact) mass is 432 g/mol. The molecule has 0 saturated carbocycles. The van der Waals surface area contributed by atoms with Crippen LogP contribution in [0.5, 0.6) is 0 Å². The summed E-state index contributed by atoms with van der Waals surface area (Å²) in [6.07, 6.45) is 0. The number of hydrogen-bond acceptors (Lipinski definition) is 6. The van der Waals surface area contributed by atoms with Gasteiger partial charge in [0.1, 0.15) is 6.61 Å². The van der Waals surface area contributed by atoms with E-state index >= 15 is 0 Å². The van der Waals surface area contributed by atoms with Crippen LogP contribution in [0.4, 0.5) is 0 Å². The minimum atomic E-state index is -1.02. The highest BCUT2D eigenvalue weighted by Crippen LogP contribution is 1.98. The van der Waals surface area contributed by atoms with E-state index in [2.05, 4.69) is 10.6 Å². The standard InChI is InChI=1S/C11H13NO4.C11H15NO3/c13-10(14)8-16-7-6-12-11(15)9-4-2-1-3-5-9;13-7-9-15-8-6-12-11(14)10-4-2-1-3-5-10/h1-5H,6-8H2,(H,12,15)(H,13,14);1-5,13H,6-9H2,(H,12,14). The molecule has 4 N–H and O–H groups in total. The molecule has 0 bridgehead atoms. The molecule has 31 heavy (non-hydrogen) atoms. The van der Waals surface area contributed by atoms with Crippen LogP contribution in [0, 0.1) is 0 Å². The Morgan fingerprint density at radius 1 is 0.710 bits per heavy atom. The molecule has 0 fully saturated rings. The summed E-state index contributed by atoms with van der Waals surface area (Å²) >= 11 is 0. The lowest BCUT2D eigenvalue weighted by molar-refractivity contribution is -0.142. The number of carboxylic acid groups (broad SMARTS) is 1. The van der Waals surface area contributed by atoms with Gasteiger partial charge in [0, 0.05) is 24.2 Å². The van der Waals surface area contributed by atoms with Crippen molar-refractivity contribution in [2.75, 3.05) is 46.1 Å². The third-order valence-corrected chi connectivity index (χ3v) is 3.60. The highest BCUT2D eigenvalue weighted by atomic mass is 16.5. The van der Waals surface area contributed by atoms with E-state index in [1.807, 2.05) is 24.3 Å². The summed E-state index contributed by atoms with van der Waals surface area (Å²) in [5.74, 6) is -1.32. The van der Waals surface area contributed by atoms with E-state index in [1.54, 1.807) is 36.4 Å². The van der Waals surface area contributed by atoms with Gasteiger partial charge in [-0.25, -0.2) is 4.79 Å². The molecule has 0 aliphatic carbocycles. The minimum Gasteiger partial charge on any atom is -0.480 e. The van der Waals surface area contributed by atoms with E-state index in [-0.39, 0.29) is 31.6 Å². The molecule has 0 aliphatic rings. The molecule has 2 aromatic carbocycles. The highest BCUT2D eigenvalue weighted by Gasteiger charge is 2.03. The molecule has 0 unspecified atom stereocenters. The molecule has 9 heteroatoms. The molecule has 0 atom stereocenters. The Morgan fingerprint density at radius 3 is 1.58 bits per heavy atom. The first-order valence-corrected chi connectivity index (χ1v) is 9.69. The Labute approximate surface area is 181 Å². The number of nitrogens with one attached hydrogen (secondary N) is 2. The summed E-state index contributed by atoms with van der Waals surface area (Å²) in [6.45, 7) is 1.31. The Hall–Kier alpha value is -3.27. The fourth-order valence-corrected chi connectivity index (χ4v) is 2.18. The predicted molar refractivity (Wildman–Crippen MR) is 114 cm³/mol. The molecule has 0 saturated heterocycles. The number of benzene rings is 2. The van der Waals surface area contributed by atoms with Crippen molar-refractivity contribution in [3.8, 4) is 0 Å². The van der Waals surface area contributed by atoms with Crippen LogP contribution in [0.25, 0.3) is 0 Å². The zero-order valence-electron chi connectivity index (χ0n) is 17.2. The number of carbonyl (C=O) groups excluding carboxylic acids is 2. The van der Waals surface area contributed by atoms with Gasteiger partial charge in [-0.05, 0) is 24.3 Å². The molecule has 2 aromatic rings. The summed E-state index contributed by atoms with van der Waals surface area (Å²) in [4.78, 5) is 33.0. The Kier molecular flexibility index (Phi) is 13.7. The van der Waals surface area contributed by atoms with Crippen molar-refractivity contribution in [1.82, 2.24) is 10.6 Å². The third kappa shape index (κ3) is 12.8. The fraction of sp³-hybridized carbons (Fsp3) is 0.318. The van der Waals surface area contributed by atoms with Crippen LogP contribution in [0.2, 0.25) is 0 Å². The second kappa shape index (κ2) is 16.5. The van der Waals surface area contributed by atoms with Crippen molar-refractivity contribution in [2.24, 2.45) is 0 Å². The van der Waals surface area contributed by atoms with Gasteiger partial charge in [0.2, 0.25) is 0 Å². The molecular weight excluding hydrogens is 404 g/mol. The molecule has 0 spiro atoms. The molecule has 9 nitrogen and oxygen atoms in total. The number of ether oxygens (including phenoxy) is 2. The van der Waals surface area contributed by atoms with Crippen molar-refractivity contribution >= 4 is 17.8 Å². The Morgan fingerprint density at radius 2 is 1.16 bits per heavy atom. The molecule has 2 rings (SSSR count). The maximum atomic E-state index is 11.5. The molecule has 168 valence electrons. The van der Waals surface area contributed by atoms with E-state index < -0.39 is 5.97 Å². The average molecular weight is 432 g/mol. The largest absolute Gasteiger partial charge is 0.480 e. The van der Waals surface area contributed by atoms with E-state index in [4.69, 9.17) is 19.7 Å². The second-order valence-electron chi connectivity index (χ2n) is 6.03. The van der Waals surface area contributed by atoms with Crippen LogP contribution in [0.3, 0.4) is 0 Å². The summed E-state index contributed by atoms with van der Waals surface area (Å²) in [5, 5.41) is 22.1. The minimum absolute atomic E-state index is 0.00658. The number of aliphatic hydroxyl groups excluding tert-OH is 1. The number of carboxylic acids is 1. The van der Waals surface area contributed by atoms with Crippen LogP contribution in [0.1, 0.15) is 20.7 Å². The molecule has 0 heterocycles. The van der Waals surface area contributed by atoms with Gasteiger partial charge in [0.15, 0.2) is 0 Å². The van der Waals surface area contributed by atoms with Crippen LogP contribution < -0.4 is 10.6 Å². The maximum Gasteiger partial charge on any atom is 0.329 e. The summed E-state index contributed by atoms with van der Waals surface area (Å²) in [6, 6.07) is 17.8. The average Bonchev–Trinajstić information content (AvgIpc) is 2.80. The Bertz CT molecular complexity index is 770.